The van der Waals surface area contributed by atoms with Crippen molar-refractivity contribution in [2.24, 2.45) is 23.7 Å². The van der Waals surface area contributed by atoms with E-state index in [4.69, 9.17) is 18.9 Å². The Hall–Kier alpha value is -4.59. The van der Waals surface area contributed by atoms with E-state index in [1.807, 2.05) is 0 Å². The van der Waals surface area contributed by atoms with Gasteiger partial charge < -0.3 is 39.8 Å². The van der Waals surface area contributed by atoms with Crippen LogP contribution in [0.3, 0.4) is 0 Å². The van der Waals surface area contributed by atoms with E-state index in [0.717, 1.165) is 6.08 Å². The molecule has 0 saturated heterocycles. The minimum atomic E-state index is -1.95. The summed E-state index contributed by atoms with van der Waals surface area (Å²) in [6, 6.07) is 0. The van der Waals surface area contributed by atoms with Crippen LogP contribution in [0.15, 0.2) is 47.9 Å². The van der Waals surface area contributed by atoms with Crippen LogP contribution >= 0.6 is 0 Å². The van der Waals surface area contributed by atoms with E-state index in [0.29, 0.717) is 5.56 Å². The molecule has 13 heteroatoms. The Morgan fingerprint density at radius 3 is 2.24 bits per heavy atom. The van der Waals surface area contributed by atoms with Crippen molar-refractivity contribution in [3.05, 3.63) is 70.2 Å². The van der Waals surface area contributed by atoms with Gasteiger partial charge in [-0.25, -0.2) is 0 Å². The number of amides is 1. The first-order valence-electron chi connectivity index (χ1n) is 16.9. The number of ketones is 3. The normalized spacial score (nSPS) is 34.0. The van der Waals surface area contributed by atoms with Crippen molar-refractivity contribution in [3.63, 3.8) is 0 Å². The van der Waals surface area contributed by atoms with Gasteiger partial charge in [-0.05, 0) is 19.9 Å². The van der Waals surface area contributed by atoms with Gasteiger partial charge in [0.05, 0.1) is 52.6 Å². The van der Waals surface area contributed by atoms with Gasteiger partial charge in [-0.1, -0.05) is 45.9 Å². The van der Waals surface area contributed by atoms with Crippen molar-refractivity contribution in [2.45, 2.75) is 85.6 Å². The van der Waals surface area contributed by atoms with Gasteiger partial charge in [-0.3, -0.25) is 24.0 Å². The lowest BCUT2D eigenvalue weighted by molar-refractivity contribution is -0.160. The molecule has 0 unspecified atom stereocenters. The Bertz CT molecular complexity index is 1740. The van der Waals surface area contributed by atoms with Crippen molar-refractivity contribution in [1.82, 2.24) is 5.32 Å². The average Bonchev–Trinajstić information content (AvgIpc) is 3.35. The number of allylic oxidation sites excluding steroid dienone is 4. The van der Waals surface area contributed by atoms with Crippen molar-refractivity contribution in [1.29, 1.82) is 0 Å². The number of ether oxygens (including phenoxy) is 4. The number of carbonyl (C=O) groups is 5. The number of Topliss-reactive ketones (excluding diaryl/α,β-unsaturated/α-hetero) is 2. The summed E-state index contributed by atoms with van der Waals surface area (Å²) in [5.41, 5.74) is 0.192. The summed E-state index contributed by atoms with van der Waals surface area (Å²) in [6.07, 6.45) is 4.70. The number of esters is 1. The molecule has 1 aromatic carbocycles. The maximum absolute atomic E-state index is 14.0. The summed E-state index contributed by atoms with van der Waals surface area (Å²) in [5.74, 6) is -7.53. The molecule has 1 amide bonds. The van der Waals surface area contributed by atoms with E-state index < -0.39 is 83.1 Å². The van der Waals surface area contributed by atoms with E-state index >= 15 is 0 Å². The van der Waals surface area contributed by atoms with E-state index in [1.165, 1.54) is 46.3 Å². The number of aliphatic hydroxyl groups is 2. The molecule has 0 aromatic heterocycles. The zero-order valence-corrected chi connectivity index (χ0v) is 30.7. The summed E-state index contributed by atoms with van der Waals surface area (Å²) in [7, 11) is 3.00. The Morgan fingerprint density at radius 2 is 1.63 bits per heavy atom. The van der Waals surface area contributed by atoms with Gasteiger partial charge >= 0.3 is 11.8 Å². The standard InChI is InChI=1S/C38H48N2O11/c1-17-12-11-13-18(2)37(47)40-24-16-25(42)27-28(33(24)45)30(39-9)20(4)35-29(27)36(46)38(8,51-35)49-15-14-26(48-10)19(3)34(50-23(7)41)22(6)32(44)21(5)31(17)43/h11-17,19,21-22,26,31-32,34,39,43-44H,1-10H3,(H,40,47)/b12-11+,15-14+,18-13-/t17-,19+,21+,22+,26-,31-,32+,34+,38-/m0/s1. The molecule has 0 saturated carbocycles. The van der Waals surface area contributed by atoms with Gasteiger partial charge in [-0.15, -0.1) is 0 Å². The van der Waals surface area contributed by atoms with E-state index in [9.17, 15) is 34.2 Å². The molecule has 3 heterocycles. The molecule has 13 nitrogen and oxygen atoms in total. The molecule has 51 heavy (non-hydrogen) atoms. The lowest BCUT2D eigenvalue weighted by Gasteiger charge is -2.38. The average molecular weight is 709 g/mol. The van der Waals surface area contributed by atoms with Gasteiger partial charge in [-0.2, -0.15) is 0 Å². The van der Waals surface area contributed by atoms with E-state index in [1.54, 1.807) is 53.8 Å². The lowest BCUT2D eigenvalue weighted by Crippen LogP contribution is -2.46. The van der Waals surface area contributed by atoms with Crippen LogP contribution in [0, 0.1) is 30.6 Å². The highest BCUT2D eigenvalue weighted by Gasteiger charge is 2.51. The molecule has 4 N–H and O–H groups in total. The lowest BCUT2D eigenvalue weighted by atomic mass is 9.78. The van der Waals surface area contributed by atoms with Gasteiger partial charge in [0.2, 0.25) is 5.78 Å². The summed E-state index contributed by atoms with van der Waals surface area (Å²) in [5, 5.41) is 28.1. The molecule has 9 atom stereocenters. The van der Waals surface area contributed by atoms with Crippen molar-refractivity contribution in [2.75, 3.05) is 19.5 Å². The molecule has 0 spiro atoms. The number of methoxy groups -OCH3 is 1. The second-order valence-corrected chi connectivity index (χ2v) is 13.7. The van der Waals surface area contributed by atoms with Crippen LogP contribution in [0.25, 0.3) is 0 Å². The molecule has 1 aromatic rings. The Kier molecular flexibility index (Phi) is 11.8. The predicted octanol–water partition coefficient (Wildman–Crippen LogP) is 3.97. The molecule has 0 fully saturated rings. The summed E-state index contributed by atoms with van der Waals surface area (Å²) < 4.78 is 23.4. The second kappa shape index (κ2) is 15.3. The maximum atomic E-state index is 14.0. The predicted molar refractivity (Wildman–Crippen MR) is 187 cm³/mol. The number of fused-ring (bicyclic) bond motifs is 14. The molecule has 0 radical (unpaired) electrons. The summed E-state index contributed by atoms with van der Waals surface area (Å²) in [6.45, 7) is 12.7. The smallest absolute Gasteiger partial charge is 0.312 e. The van der Waals surface area contributed by atoms with Crippen molar-refractivity contribution in [3.8, 4) is 5.75 Å². The third-order valence-electron chi connectivity index (χ3n) is 10.1. The maximum Gasteiger partial charge on any atom is 0.312 e. The Morgan fingerprint density at radius 1 is 0.961 bits per heavy atom. The van der Waals surface area contributed by atoms with Gasteiger partial charge in [0.15, 0.2) is 5.78 Å². The van der Waals surface area contributed by atoms with E-state index in [-0.39, 0.29) is 39.4 Å². The fourth-order valence-corrected chi connectivity index (χ4v) is 6.95. The van der Waals surface area contributed by atoms with Crippen LogP contribution < -0.4 is 15.4 Å². The third-order valence-corrected chi connectivity index (χ3v) is 10.1. The van der Waals surface area contributed by atoms with Crippen LogP contribution in [0.2, 0.25) is 0 Å². The number of hydrogen-bond donors (Lipinski definition) is 4. The molecule has 5 bridgehead atoms. The molecule has 3 aliphatic heterocycles. The van der Waals surface area contributed by atoms with Gasteiger partial charge in [0, 0.05) is 68.9 Å². The zero-order chi connectivity index (χ0) is 38.1. The highest BCUT2D eigenvalue weighted by atomic mass is 16.7. The molecule has 5 rings (SSSR count). The van der Waals surface area contributed by atoms with Crippen LogP contribution in [-0.4, -0.2) is 83.8 Å². The Labute approximate surface area is 297 Å². The largest absolute Gasteiger partial charge is 0.462 e. The van der Waals surface area contributed by atoms with Crippen molar-refractivity contribution < 1.29 is 53.1 Å². The Balaban J connectivity index is 1.85. The van der Waals surface area contributed by atoms with Gasteiger partial charge in [0.1, 0.15) is 11.9 Å². The SMILES string of the molecule is CNc1c(C)c2c3c4c1C(=O)C(=CC4=O)NC(=O)/C(C)=C\C=C\[C@H](C)[C@H](O)[C@@H](C)[C@@H](O)[C@@H](C)[C@H](OC(C)=O)[C@H](C)[C@@H](OC)/C=C/O[C@@](C)(O2)C3=O. The molecular weight excluding hydrogens is 660 g/mol. The second-order valence-electron chi connectivity index (χ2n) is 13.7. The summed E-state index contributed by atoms with van der Waals surface area (Å²) in [4.78, 5) is 67.0. The fourth-order valence-electron chi connectivity index (χ4n) is 6.95. The van der Waals surface area contributed by atoms with Crippen molar-refractivity contribution >= 4 is 34.9 Å². The molecular formula is C38H48N2O11. The number of rotatable bonds is 3. The number of carbonyl (C=O) groups excluding carboxylic acids is 5. The first-order valence-corrected chi connectivity index (χ1v) is 16.9. The number of aliphatic hydroxyl groups excluding tert-OH is 2. The van der Waals surface area contributed by atoms with Crippen LogP contribution in [0.4, 0.5) is 5.69 Å². The monoisotopic (exact) mass is 708 g/mol. The molecule has 276 valence electrons. The number of hydrogen-bond acceptors (Lipinski definition) is 12. The zero-order valence-electron chi connectivity index (χ0n) is 30.7. The topological polar surface area (TPSA) is 187 Å². The molecule has 4 aliphatic rings. The van der Waals surface area contributed by atoms with Gasteiger partial charge in [0.25, 0.3) is 11.7 Å². The summed E-state index contributed by atoms with van der Waals surface area (Å²) >= 11 is 0. The third kappa shape index (κ3) is 7.42. The first kappa shape index (κ1) is 39.2. The first-order chi connectivity index (χ1) is 23.9. The molecule has 1 aliphatic carbocycles. The highest BCUT2D eigenvalue weighted by Crippen LogP contribution is 2.47. The quantitative estimate of drug-likeness (QED) is 0.332. The minimum Gasteiger partial charge on any atom is -0.462 e. The number of benzene rings is 1. The number of anilines is 1. The highest BCUT2D eigenvalue weighted by molar-refractivity contribution is 6.31. The number of nitrogens with one attached hydrogen (secondary N) is 2. The fraction of sp³-hybridized carbons (Fsp3) is 0.500. The minimum absolute atomic E-state index is 0.0667. The van der Waals surface area contributed by atoms with Crippen LogP contribution in [-0.2, 0) is 23.8 Å². The van der Waals surface area contributed by atoms with Crippen LogP contribution in [0.5, 0.6) is 5.75 Å². The van der Waals surface area contributed by atoms with E-state index in [2.05, 4.69) is 10.6 Å². The van der Waals surface area contributed by atoms with Crippen LogP contribution in [0.1, 0.15) is 85.1 Å².